The van der Waals surface area contributed by atoms with Crippen molar-refractivity contribution in [3.8, 4) is 10.4 Å². The topological polar surface area (TPSA) is 68.0 Å². The number of halogens is 4. The highest BCUT2D eigenvalue weighted by atomic mass is 35.5. The number of hydrogen-bond acceptors (Lipinski definition) is 6. The van der Waals surface area contributed by atoms with Crippen LogP contribution in [0.3, 0.4) is 0 Å². The molecule has 6 nitrogen and oxygen atoms in total. The van der Waals surface area contributed by atoms with Crippen molar-refractivity contribution in [2.45, 2.75) is 12.7 Å². The lowest BCUT2D eigenvalue weighted by atomic mass is 10.2. The van der Waals surface area contributed by atoms with Gasteiger partial charge >= 0.3 is 6.18 Å². The van der Waals surface area contributed by atoms with E-state index in [4.69, 9.17) is 11.6 Å². The number of hydrogen-bond donors (Lipinski definition) is 1. The summed E-state index contributed by atoms with van der Waals surface area (Å²) in [5.74, 6) is 0.825. The van der Waals surface area contributed by atoms with Crippen molar-refractivity contribution in [3.05, 3.63) is 71.4 Å². The molecule has 0 fully saturated rings. The Labute approximate surface area is 182 Å². The zero-order valence-electron chi connectivity index (χ0n) is 15.6. The lowest BCUT2D eigenvalue weighted by Gasteiger charge is -2.09. The molecule has 1 N–H and O–H groups in total. The normalized spacial score (nSPS) is 12.0. The van der Waals surface area contributed by atoms with Crippen molar-refractivity contribution >= 4 is 44.6 Å². The second-order valence-electron chi connectivity index (χ2n) is 6.66. The van der Waals surface area contributed by atoms with Crippen LogP contribution in [0.15, 0.2) is 55.0 Å². The van der Waals surface area contributed by atoms with Gasteiger partial charge in [-0.05, 0) is 17.7 Å². The number of nitrogens with zero attached hydrogens (tertiary/aromatic N) is 5. The molecule has 0 saturated heterocycles. The molecule has 0 atom stereocenters. The molecular formula is C20H12ClF3N6S. The fourth-order valence-electron chi connectivity index (χ4n) is 3.18. The fourth-order valence-corrected chi connectivity index (χ4v) is 4.43. The highest BCUT2D eigenvalue weighted by molar-refractivity contribution is 7.21. The molecule has 0 aliphatic rings. The first kappa shape index (κ1) is 19.7. The number of nitrogens with one attached hydrogen (secondary N) is 1. The second-order valence-corrected chi connectivity index (χ2v) is 8.09. The van der Waals surface area contributed by atoms with Crippen LogP contribution < -0.4 is 5.32 Å². The lowest BCUT2D eigenvalue weighted by molar-refractivity contribution is -0.137. The van der Waals surface area contributed by atoms with Crippen LogP contribution in [0.25, 0.3) is 26.3 Å². The van der Waals surface area contributed by atoms with Gasteiger partial charge in [0.25, 0.3) is 0 Å². The molecular weight excluding hydrogens is 449 g/mol. The summed E-state index contributed by atoms with van der Waals surface area (Å²) in [4.78, 5) is 10.4. The van der Waals surface area contributed by atoms with Gasteiger partial charge in [0.2, 0.25) is 0 Å². The molecule has 5 rings (SSSR count). The molecule has 0 unspecified atom stereocenters. The number of pyridine rings is 1. The second kappa shape index (κ2) is 7.47. The van der Waals surface area contributed by atoms with Crippen LogP contribution >= 0.6 is 22.9 Å². The number of benzene rings is 1. The Kier molecular flexibility index (Phi) is 4.75. The monoisotopic (exact) mass is 460 g/mol. The van der Waals surface area contributed by atoms with E-state index in [9.17, 15) is 13.2 Å². The number of anilines is 1. The predicted molar refractivity (Wildman–Crippen MR) is 113 cm³/mol. The van der Waals surface area contributed by atoms with Crippen molar-refractivity contribution in [3.63, 3.8) is 0 Å². The smallest absolute Gasteiger partial charge is 0.362 e. The Bertz CT molecular complexity index is 1400. The SMILES string of the molecule is FC(F)(F)c1cc(Cl)c2nnc(CNc3ncnc4sc(-c5ccccc5)cc34)n2c1. The zero-order valence-corrected chi connectivity index (χ0v) is 17.1. The fraction of sp³-hybridized carbons (Fsp3) is 0.100. The predicted octanol–water partition coefficient (Wildman–Crippen LogP) is 5.69. The Morgan fingerprint density at radius 1 is 1.06 bits per heavy atom. The molecule has 0 amide bonds. The van der Waals surface area contributed by atoms with E-state index in [0.29, 0.717) is 5.82 Å². The number of alkyl halides is 3. The molecule has 0 aliphatic heterocycles. The minimum atomic E-state index is -4.53. The van der Waals surface area contributed by atoms with Gasteiger partial charge in [0.1, 0.15) is 17.0 Å². The van der Waals surface area contributed by atoms with E-state index < -0.39 is 11.7 Å². The molecule has 156 valence electrons. The first-order valence-electron chi connectivity index (χ1n) is 9.04. The van der Waals surface area contributed by atoms with E-state index in [1.165, 1.54) is 22.1 Å². The molecule has 0 radical (unpaired) electrons. The van der Waals surface area contributed by atoms with Crippen molar-refractivity contribution in [1.29, 1.82) is 0 Å². The van der Waals surface area contributed by atoms with Crippen LogP contribution in [0.1, 0.15) is 11.4 Å². The minimum absolute atomic E-state index is 0.0986. The van der Waals surface area contributed by atoms with Crippen molar-refractivity contribution < 1.29 is 13.2 Å². The summed E-state index contributed by atoms with van der Waals surface area (Å²) in [6, 6.07) is 12.7. The van der Waals surface area contributed by atoms with Crippen molar-refractivity contribution in [2.24, 2.45) is 0 Å². The first-order valence-corrected chi connectivity index (χ1v) is 10.2. The molecule has 1 aromatic carbocycles. The van der Waals surface area contributed by atoms with E-state index >= 15 is 0 Å². The first-order chi connectivity index (χ1) is 14.9. The number of rotatable bonds is 4. The third-order valence-corrected chi connectivity index (χ3v) is 6.03. The molecule has 4 heterocycles. The summed E-state index contributed by atoms with van der Waals surface area (Å²) in [6.07, 6.45) is -2.15. The van der Waals surface area contributed by atoms with E-state index in [-0.39, 0.29) is 23.0 Å². The molecule has 5 aromatic rings. The summed E-state index contributed by atoms with van der Waals surface area (Å²) in [6.45, 7) is 0.0986. The number of fused-ring (bicyclic) bond motifs is 2. The van der Waals surface area contributed by atoms with Crippen LogP contribution in [-0.4, -0.2) is 24.6 Å². The van der Waals surface area contributed by atoms with Gasteiger partial charge in [-0.2, -0.15) is 13.2 Å². The van der Waals surface area contributed by atoms with Crippen LogP contribution in [0.2, 0.25) is 5.02 Å². The largest absolute Gasteiger partial charge is 0.417 e. The van der Waals surface area contributed by atoms with Gasteiger partial charge in [-0.25, -0.2) is 9.97 Å². The van der Waals surface area contributed by atoms with E-state index in [1.807, 2.05) is 36.4 Å². The van der Waals surface area contributed by atoms with E-state index in [0.717, 1.165) is 32.9 Å². The maximum absolute atomic E-state index is 13.2. The molecule has 11 heteroatoms. The van der Waals surface area contributed by atoms with Gasteiger partial charge in [-0.15, -0.1) is 21.5 Å². The maximum Gasteiger partial charge on any atom is 0.417 e. The molecule has 0 bridgehead atoms. The van der Waals surface area contributed by atoms with E-state index in [1.54, 1.807) is 0 Å². The molecule has 4 aromatic heterocycles. The number of thiophene rings is 1. The van der Waals surface area contributed by atoms with Gasteiger partial charge in [0, 0.05) is 11.1 Å². The standard InChI is InChI=1S/C20H12ClF3N6S/c21-14-6-12(20(22,23)24)9-30-16(28-29-18(14)30)8-25-17-13-7-15(11-4-2-1-3-5-11)31-19(13)27-10-26-17/h1-7,9-10H,8H2,(H,25,26,27). The molecule has 0 saturated carbocycles. The third-order valence-electron chi connectivity index (χ3n) is 4.66. The zero-order chi connectivity index (χ0) is 21.6. The molecule has 0 aliphatic carbocycles. The summed E-state index contributed by atoms with van der Waals surface area (Å²) >= 11 is 7.51. The van der Waals surface area contributed by atoms with E-state index in [2.05, 4.69) is 25.5 Å². The van der Waals surface area contributed by atoms with Crippen LogP contribution in [-0.2, 0) is 12.7 Å². The molecule has 0 spiro atoms. The Morgan fingerprint density at radius 2 is 1.87 bits per heavy atom. The van der Waals surface area contributed by atoms with Gasteiger partial charge in [-0.1, -0.05) is 41.9 Å². The van der Waals surface area contributed by atoms with Gasteiger partial charge in [0.15, 0.2) is 11.5 Å². The van der Waals surface area contributed by atoms with Gasteiger partial charge in [-0.3, -0.25) is 4.40 Å². The van der Waals surface area contributed by atoms with Crippen LogP contribution in [0.5, 0.6) is 0 Å². The van der Waals surface area contributed by atoms with Crippen molar-refractivity contribution in [1.82, 2.24) is 24.6 Å². The summed E-state index contributed by atoms with van der Waals surface area (Å²) < 4.78 is 40.7. The highest BCUT2D eigenvalue weighted by Crippen LogP contribution is 2.35. The Balaban J connectivity index is 1.48. The van der Waals surface area contributed by atoms with Crippen LogP contribution in [0.4, 0.5) is 19.0 Å². The highest BCUT2D eigenvalue weighted by Gasteiger charge is 2.32. The van der Waals surface area contributed by atoms with Gasteiger partial charge in [0.05, 0.1) is 22.5 Å². The average molecular weight is 461 g/mol. The third kappa shape index (κ3) is 3.68. The van der Waals surface area contributed by atoms with Crippen molar-refractivity contribution in [2.75, 3.05) is 5.32 Å². The minimum Gasteiger partial charge on any atom is -0.362 e. The quantitative estimate of drug-likeness (QED) is 0.373. The maximum atomic E-state index is 13.2. The van der Waals surface area contributed by atoms with Crippen LogP contribution in [0, 0.1) is 0 Å². The molecule has 31 heavy (non-hydrogen) atoms. The average Bonchev–Trinajstić information content (AvgIpc) is 3.37. The Morgan fingerprint density at radius 3 is 2.65 bits per heavy atom. The lowest BCUT2D eigenvalue weighted by Crippen LogP contribution is -2.09. The Hall–Kier alpha value is -3.24. The number of aromatic nitrogens is 5. The summed E-state index contributed by atoms with van der Waals surface area (Å²) in [5.41, 5.74) is 0.344. The summed E-state index contributed by atoms with van der Waals surface area (Å²) in [5, 5.41) is 11.7. The summed E-state index contributed by atoms with van der Waals surface area (Å²) in [7, 11) is 0. The van der Waals surface area contributed by atoms with Gasteiger partial charge < -0.3 is 5.32 Å².